The van der Waals surface area contributed by atoms with Crippen LogP contribution >= 0.6 is 0 Å². The Morgan fingerprint density at radius 1 is 0.782 bits per heavy atom. The number of carboxylic acid groups (broad SMARTS) is 3. The number of rotatable bonds is 25. The molecule has 310 valence electrons. The second-order valence-electron chi connectivity index (χ2n) is 13.3. The van der Waals surface area contributed by atoms with Gasteiger partial charge in [-0.2, -0.15) is 0 Å². The van der Waals surface area contributed by atoms with Crippen LogP contribution in [0.4, 0.5) is 0 Å². The van der Waals surface area contributed by atoms with Crippen LogP contribution in [0, 0.1) is 5.92 Å². The van der Waals surface area contributed by atoms with Gasteiger partial charge in [-0.3, -0.25) is 43.3 Å². The Kier molecular flexibility index (Phi) is 20.7. The number of hydrogen-bond acceptors (Lipinski definition) is 12. The maximum atomic E-state index is 13.7. The van der Waals surface area contributed by atoms with E-state index in [1.165, 1.54) is 4.90 Å². The zero-order valence-corrected chi connectivity index (χ0v) is 30.8. The molecular weight excluding hydrogens is 732 g/mol. The number of amides is 6. The van der Waals surface area contributed by atoms with Crippen LogP contribution in [0.25, 0.3) is 0 Å². The topological polar surface area (TPSA) is 388 Å². The van der Waals surface area contributed by atoms with Crippen molar-refractivity contribution >= 4 is 59.3 Å². The summed E-state index contributed by atoms with van der Waals surface area (Å²) in [6.07, 6.45) is -0.750. The van der Waals surface area contributed by atoms with Crippen molar-refractivity contribution in [1.82, 2.24) is 31.5 Å². The molecule has 0 saturated carbocycles. The highest BCUT2D eigenvalue weighted by atomic mass is 16.4. The Balaban J connectivity index is 2.91. The van der Waals surface area contributed by atoms with Gasteiger partial charge in [0.2, 0.25) is 35.4 Å². The largest absolute Gasteiger partial charge is 0.481 e. The van der Waals surface area contributed by atoms with E-state index in [-0.39, 0.29) is 44.2 Å². The summed E-state index contributed by atoms with van der Waals surface area (Å²) in [5.74, 6) is -9.50. The summed E-state index contributed by atoms with van der Waals surface area (Å²) in [6.45, 7) is 2.33. The lowest BCUT2D eigenvalue weighted by atomic mass is 10.0. The molecule has 0 bridgehead atoms. The summed E-state index contributed by atoms with van der Waals surface area (Å²) < 4.78 is 0. The zero-order valence-electron chi connectivity index (χ0n) is 30.8. The van der Waals surface area contributed by atoms with Crippen molar-refractivity contribution < 1.29 is 63.6 Å². The first kappa shape index (κ1) is 47.4. The van der Waals surface area contributed by atoms with Crippen LogP contribution in [0.5, 0.6) is 0 Å². The Morgan fingerprint density at radius 3 is 1.93 bits per heavy atom. The SMILES string of the molecule is CC(C)C[C@H](NC(=O)[C@@H](N)CCCN=C(N)N)C(=O)N1CCC[C@H]1C(=O)N[C@@H](CO)C(=O)NCC(=O)N[C@@H](CCC(=O)O)C(=O)N[C@@H](CCC(=O)O)C(=O)O. The van der Waals surface area contributed by atoms with Crippen LogP contribution in [-0.2, 0) is 43.2 Å². The fraction of sp³-hybridized carbons (Fsp3) is 0.688. The number of aliphatic carboxylic acids is 3. The summed E-state index contributed by atoms with van der Waals surface area (Å²) in [6, 6.07) is -7.92. The molecule has 1 aliphatic heterocycles. The number of likely N-dealkylation sites (tertiary alicyclic amines) is 1. The van der Waals surface area contributed by atoms with E-state index in [9.17, 15) is 53.4 Å². The maximum absolute atomic E-state index is 13.7. The molecule has 0 unspecified atom stereocenters. The van der Waals surface area contributed by atoms with Crippen LogP contribution in [0.15, 0.2) is 4.99 Å². The molecule has 0 aliphatic carbocycles. The van der Waals surface area contributed by atoms with Gasteiger partial charge in [0.15, 0.2) is 5.96 Å². The maximum Gasteiger partial charge on any atom is 0.326 e. The lowest BCUT2D eigenvalue weighted by Crippen LogP contribution is -2.58. The third-order valence-corrected chi connectivity index (χ3v) is 8.26. The van der Waals surface area contributed by atoms with Crippen molar-refractivity contribution in [2.24, 2.45) is 28.1 Å². The van der Waals surface area contributed by atoms with E-state index >= 15 is 0 Å². The highest BCUT2D eigenvalue weighted by Crippen LogP contribution is 2.21. The van der Waals surface area contributed by atoms with Gasteiger partial charge < -0.3 is 69.1 Å². The molecule has 0 aromatic carbocycles. The van der Waals surface area contributed by atoms with Gasteiger partial charge in [-0.15, -0.1) is 0 Å². The van der Waals surface area contributed by atoms with E-state index in [1.54, 1.807) is 0 Å². The summed E-state index contributed by atoms with van der Waals surface area (Å²) in [4.78, 5) is 117. The van der Waals surface area contributed by atoms with Crippen molar-refractivity contribution in [3.63, 3.8) is 0 Å². The van der Waals surface area contributed by atoms with E-state index in [4.69, 9.17) is 27.4 Å². The monoisotopic (exact) mass is 786 g/mol. The van der Waals surface area contributed by atoms with E-state index in [2.05, 4.69) is 31.6 Å². The van der Waals surface area contributed by atoms with Gasteiger partial charge in [-0.1, -0.05) is 13.8 Å². The summed E-state index contributed by atoms with van der Waals surface area (Å²) >= 11 is 0. The molecule has 1 heterocycles. The number of carbonyl (C=O) groups excluding carboxylic acids is 6. The number of carboxylic acids is 3. The van der Waals surface area contributed by atoms with Gasteiger partial charge in [0, 0.05) is 25.9 Å². The number of nitrogens with one attached hydrogen (secondary N) is 5. The van der Waals surface area contributed by atoms with Crippen molar-refractivity contribution in [2.45, 2.75) is 108 Å². The molecule has 1 aliphatic rings. The smallest absolute Gasteiger partial charge is 0.326 e. The van der Waals surface area contributed by atoms with Crippen LogP contribution in [-0.4, -0.2) is 147 Å². The number of aliphatic imine (C=N–C) groups is 1. The minimum Gasteiger partial charge on any atom is -0.481 e. The lowest BCUT2D eigenvalue weighted by Gasteiger charge is -2.30. The average Bonchev–Trinajstić information content (AvgIpc) is 3.60. The predicted octanol–water partition coefficient (Wildman–Crippen LogP) is -4.73. The van der Waals surface area contributed by atoms with Gasteiger partial charge in [-0.05, 0) is 50.9 Å². The number of nitrogens with two attached hydrogens (primary N) is 3. The number of carbonyl (C=O) groups is 9. The lowest BCUT2D eigenvalue weighted by molar-refractivity contribution is -0.144. The number of hydrogen-bond donors (Lipinski definition) is 12. The Hall–Kier alpha value is -5.58. The third kappa shape index (κ3) is 17.9. The minimum atomic E-state index is -1.66. The Bertz CT molecular complexity index is 1420. The summed E-state index contributed by atoms with van der Waals surface area (Å²) in [5.41, 5.74) is 16.6. The van der Waals surface area contributed by atoms with Crippen LogP contribution in [0.3, 0.4) is 0 Å². The minimum absolute atomic E-state index is 0.0470. The second kappa shape index (κ2) is 24.0. The highest BCUT2D eigenvalue weighted by Gasteiger charge is 2.39. The fourth-order valence-electron chi connectivity index (χ4n) is 5.46. The fourth-order valence-corrected chi connectivity index (χ4v) is 5.46. The van der Waals surface area contributed by atoms with Crippen molar-refractivity contribution in [3.05, 3.63) is 0 Å². The van der Waals surface area contributed by atoms with E-state index < -0.39 is 128 Å². The first-order valence-corrected chi connectivity index (χ1v) is 17.6. The normalized spacial score (nSPS) is 16.4. The molecular formula is C32H54N10O13. The molecule has 1 fully saturated rings. The van der Waals surface area contributed by atoms with Gasteiger partial charge in [0.1, 0.15) is 30.2 Å². The van der Waals surface area contributed by atoms with Crippen molar-refractivity contribution in [2.75, 3.05) is 26.2 Å². The molecule has 6 amide bonds. The molecule has 1 saturated heterocycles. The second-order valence-corrected chi connectivity index (χ2v) is 13.3. The summed E-state index contributed by atoms with van der Waals surface area (Å²) in [7, 11) is 0. The third-order valence-electron chi connectivity index (χ3n) is 8.26. The molecule has 1 rings (SSSR count). The van der Waals surface area contributed by atoms with Crippen LogP contribution in [0.2, 0.25) is 0 Å². The van der Waals surface area contributed by atoms with E-state index in [1.807, 2.05) is 13.8 Å². The van der Waals surface area contributed by atoms with Gasteiger partial charge in [-0.25, -0.2) is 4.79 Å². The first-order valence-electron chi connectivity index (χ1n) is 17.6. The van der Waals surface area contributed by atoms with E-state index in [0.29, 0.717) is 12.8 Å². The van der Waals surface area contributed by atoms with E-state index in [0.717, 1.165) is 0 Å². The quantitative estimate of drug-likeness (QED) is 0.0235. The number of guanidine groups is 1. The molecule has 55 heavy (non-hydrogen) atoms. The van der Waals surface area contributed by atoms with Gasteiger partial charge in [0.05, 0.1) is 19.2 Å². The first-order chi connectivity index (χ1) is 25.8. The Labute approximate surface area is 316 Å². The molecule has 0 radical (unpaired) electrons. The van der Waals surface area contributed by atoms with Crippen LogP contribution < -0.4 is 43.8 Å². The molecule has 0 aromatic heterocycles. The molecule has 6 atom stereocenters. The number of aliphatic hydroxyl groups is 1. The standard InChI is InChI=1S/C32H54N10O13/c1-16(2)13-20(40-26(49)17(33)5-3-11-36-32(34)35)30(53)42-12-4-6-22(42)29(52)41-21(15-43)27(50)37-14-23(44)38-18(7-9-24(45)46)28(51)39-19(31(54)55)8-10-25(47)48/h16-22,43H,3-15,33H2,1-2H3,(H,37,50)(H,38,44)(H,39,51)(H,40,49)(H,41,52)(H,45,46)(H,47,48)(H,54,55)(H4,34,35,36)/t17-,18-,19-,20-,21-,22-/m0/s1. The van der Waals surface area contributed by atoms with Gasteiger partial charge in [0.25, 0.3) is 0 Å². The molecule has 0 spiro atoms. The number of nitrogens with zero attached hydrogens (tertiary/aromatic N) is 2. The average molecular weight is 787 g/mol. The molecule has 0 aromatic rings. The van der Waals surface area contributed by atoms with Crippen LogP contribution in [0.1, 0.15) is 71.6 Å². The molecule has 15 N–H and O–H groups in total. The highest BCUT2D eigenvalue weighted by molar-refractivity contribution is 5.96. The molecule has 23 heteroatoms. The van der Waals surface area contributed by atoms with Gasteiger partial charge >= 0.3 is 17.9 Å². The summed E-state index contributed by atoms with van der Waals surface area (Å²) in [5, 5.41) is 48.5. The molecule has 23 nitrogen and oxygen atoms in total. The Morgan fingerprint density at radius 2 is 1.38 bits per heavy atom. The van der Waals surface area contributed by atoms with Crippen molar-refractivity contribution in [1.29, 1.82) is 0 Å². The van der Waals surface area contributed by atoms with Crippen molar-refractivity contribution in [3.8, 4) is 0 Å². The zero-order chi connectivity index (χ0) is 41.8. The number of aliphatic hydroxyl groups excluding tert-OH is 1. The predicted molar refractivity (Wildman–Crippen MR) is 191 cm³/mol.